The van der Waals surface area contributed by atoms with Crippen LogP contribution in [-0.4, -0.2) is 157 Å². The van der Waals surface area contributed by atoms with E-state index >= 15 is 0 Å². The van der Waals surface area contributed by atoms with E-state index in [4.69, 9.17) is 28.4 Å². The van der Waals surface area contributed by atoms with Crippen LogP contribution < -0.4 is 5.32 Å². The van der Waals surface area contributed by atoms with E-state index in [9.17, 15) is 48.6 Å². The molecule has 432 valence electrons. The Bertz CT molecular complexity index is 2180. The van der Waals surface area contributed by atoms with E-state index in [1.165, 1.54) is 14.2 Å². The van der Waals surface area contributed by atoms with E-state index in [-0.39, 0.29) is 79.6 Å². The van der Waals surface area contributed by atoms with Crippen LogP contribution >= 0.6 is 11.8 Å². The van der Waals surface area contributed by atoms with Gasteiger partial charge in [-0.15, -0.1) is 0 Å². The number of aliphatic hydroxyl groups is 2. The number of amides is 2. The van der Waals surface area contributed by atoms with Gasteiger partial charge in [0.15, 0.2) is 11.6 Å². The van der Waals surface area contributed by atoms with Gasteiger partial charge < -0.3 is 48.9 Å². The van der Waals surface area contributed by atoms with Gasteiger partial charge in [0.25, 0.3) is 16.9 Å². The van der Waals surface area contributed by atoms with Crippen LogP contribution in [0.5, 0.6) is 0 Å². The van der Waals surface area contributed by atoms with Gasteiger partial charge in [0.1, 0.15) is 36.2 Å². The van der Waals surface area contributed by atoms with Gasteiger partial charge >= 0.3 is 11.9 Å². The lowest BCUT2D eigenvalue weighted by Gasteiger charge is -2.42. The second kappa shape index (κ2) is 31.4. The van der Waals surface area contributed by atoms with E-state index in [0.717, 1.165) is 22.2 Å². The largest absolute Gasteiger partial charge is 0.460 e. The number of cyclic esters (lactones) is 1. The van der Waals surface area contributed by atoms with Crippen LogP contribution in [-0.2, 0) is 62.0 Å². The molecule has 77 heavy (non-hydrogen) atoms. The fourth-order valence-corrected chi connectivity index (χ4v) is 11.3. The third-order valence-electron chi connectivity index (χ3n) is 16.0. The lowest BCUT2D eigenvalue weighted by molar-refractivity contribution is -0.265. The number of hydrogen-bond acceptors (Lipinski definition) is 17. The van der Waals surface area contributed by atoms with Gasteiger partial charge in [0.2, 0.25) is 5.79 Å². The Kier molecular flexibility index (Phi) is 26.6. The highest BCUT2D eigenvalue weighted by molar-refractivity contribution is 8.12. The predicted octanol–water partition coefficient (Wildman–Crippen LogP) is 7.15. The number of rotatable bonds is 12. The topological polar surface area (TPSA) is 248 Å². The first-order valence-corrected chi connectivity index (χ1v) is 28.7. The molecular formula is C58H88N2O16S. The van der Waals surface area contributed by atoms with Crippen molar-refractivity contribution in [1.29, 1.82) is 0 Å². The molecule has 0 aromatic carbocycles. The van der Waals surface area contributed by atoms with Gasteiger partial charge in [0.05, 0.1) is 31.3 Å². The van der Waals surface area contributed by atoms with Gasteiger partial charge in [-0.1, -0.05) is 82.8 Å². The van der Waals surface area contributed by atoms with Gasteiger partial charge in [-0.05, 0) is 113 Å². The molecule has 19 heteroatoms. The van der Waals surface area contributed by atoms with Crippen molar-refractivity contribution >= 4 is 58.0 Å². The van der Waals surface area contributed by atoms with Crippen molar-refractivity contribution < 1.29 is 77.0 Å². The van der Waals surface area contributed by atoms with Crippen molar-refractivity contribution in [2.45, 2.75) is 193 Å². The van der Waals surface area contributed by atoms with E-state index in [1.807, 2.05) is 51.2 Å². The highest BCUT2D eigenvalue weighted by Gasteiger charge is 2.53. The third kappa shape index (κ3) is 18.9. The molecule has 0 aromatic rings. The normalized spacial score (nSPS) is 34.6. The van der Waals surface area contributed by atoms with Crippen molar-refractivity contribution in [3.8, 4) is 0 Å². The van der Waals surface area contributed by atoms with Crippen LogP contribution in [0.3, 0.4) is 0 Å². The van der Waals surface area contributed by atoms with Crippen LogP contribution in [0.25, 0.3) is 0 Å². The van der Waals surface area contributed by atoms with Crippen molar-refractivity contribution in [3.05, 3.63) is 47.6 Å². The van der Waals surface area contributed by atoms with Gasteiger partial charge in [0, 0.05) is 64.9 Å². The van der Waals surface area contributed by atoms with Crippen molar-refractivity contribution in [2.75, 3.05) is 40.7 Å². The molecule has 3 aliphatic heterocycles. The lowest BCUT2D eigenvalue weighted by Crippen LogP contribution is -2.61. The first-order chi connectivity index (χ1) is 36.5. The molecule has 15 atom stereocenters. The number of hydrogen-bond donors (Lipinski definition) is 3. The smallest absolute Gasteiger partial charge is 0.329 e. The molecule has 3 heterocycles. The zero-order valence-electron chi connectivity index (χ0n) is 47.3. The Morgan fingerprint density at radius 2 is 1.60 bits per heavy atom. The van der Waals surface area contributed by atoms with Crippen molar-refractivity contribution in [1.82, 2.24) is 10.2 Å². The number of thioether (sulfide) groups is 1. The number of ketones is 4. The molecule has 2 amide bonds. The van der Waals surface area contributed by atoms with E-state index in [1.54, 1.807) is 47.1 Å². The Labute approximate surface area is 460 Å². The number of methoxy groups -OCH3 is 3. The molecule has 0 unspecified atom stereocenters. The summed E-state index contributed by atoms with van der Waals surface area (Å²) in [4.78, 5) is 109. The fourth-order valence-electron chi connectivity index (χ4n) is 11.0. The SMILES string of the molecule is CO[C@H]1C[C@@H]2CC[C@@H](C)[C@@](O)(O2)C(=O)C(=O)N2CCCC[C@H]2C(=O)O[C@H]([C@H](C)C[C@@H]2CC[C@@H](OC(=O)CCC(=O)CNC(=O)SC)[C@H](OC)C2)CC(=O)[C@H](C)/C=C(\C)[C@@H](O)[C@@H](OC)C(=O)[C@H](C)C[C@H](C)/C=C/C=CC=C1C. The predicted molar refractivity (Wildman–Crippen MR) is 290 cm³/mol. The van der Waals surface area contributed by atoms with E-state index in [0.29, 0.717) is 63.4 Å². The Morgan fingerprint density at radius 1 is 0.870 bits per heavy atom. The molecular weight excluding hydrogens is 1010 g/mol. The molecule has 3 fully saturated rings. The second-order valence-electron chi connectivity index (χ2n) is 21.9. The summed E-state index contributed by atoms with van der Waals surface area (Å²) in [6, 6.07) is -1.20. The lowest BCUT2D eigenvalue weighted by atomic mass is 9.78. The molecule has 0 spiro atoms. The molecule has 0 aromatic heterocycles. The number of nitrogens with one attached hydrogen (secondary N) is 1. The Balaban J connectivity index is 1.64. The first-order valence-electron chi connectivity index (χ1n) is 27.5. The number of carbonyl (C=O) groups excluding carboxylic acids is 8. The molecule has 4 rings (SSSR count). The molecule has 0 radical (unpaired) electrons. The summed E-state index contributed by atoms with van der Waals surface area (Å²) in [6.45, 7) is 12.4. The van der Waals surface area contributed by atoms with Gasteiger partial charge in [-0.25, -0.2) is 4.79 Å². The molecule has 1 saturated carbocycles. The van der Waals surface area contributed by atoms with Crippen LogP contribution in [0, 0.1) is 35.5 Å². The number of esters is 2. The molecule has 2 saturated heterocycles. The summed E-state index contributed by atoms with van der Waals surface area (Å²) < 4.78 is 35.5. The summed E-state index contributed by atoms with van der Waals surface area (Å²) in [5, 5.41) is 25.7. The standard InChI is InChI=1S/C58H88N2O16S/c1-34-17-13-12-14-18-35(2)47(71-8)31-43-23-20-40(7)58(70,76-43)54(66)55(67)60-26-16-15-19-44(60)56(68)75-48(32-45(62)36(3)28-39(6)52(65)53(73-10)51(64)38(5)27-34)37(4)29-41-21-24-46(49(30-41)72-9)74-50(63)25-22-42(61)33-59-57(69)77-11/h12-14,17-18,28,34,36-38,40-41,43-44,46-49,52-53,65,70H,15-16,19-27,29-33H2,1-11H3,(H,59,69)/b14-12?,17-13+,35-18?,39-28+/t34-,36-,37-,38-,40-,41+,43+,44+,46-,47+,48+,49-,52-,53+,58-/m1/s1. The average molecular weight is 1100 g/mol. The minimum Gasteiger partial charge on any atom is -0.460 e. The number of nitrogens with zero attached hydrogens (tertiary/aromatic N) is 1. The van der Waals surface area contributed by atoms with Gasteiger partial charge in [-0.2, -0.15) is 0 Å². The van der Waals surface area contributed by atoms with Gasteiger partial charge in [-0.3, -0.25) is 33.6 Å². The second-order valence-corrected chi connectivity index (χ2v) is 22.7. The highest BCUT2D eigenvalue weighted by atomic mass is 32.2. The molecule has 4 aliphatic rings. The summed E-state index contributed by atoms with van der Waals surface area (Å²) >= 11 is 0.944. The van der Waals surface area contributed by atoms with Crippen LogP contribution in [0.4, 0.5) is 4.79 Å². The molecule has 1 aliphatic carbocycles. The minimum atomic E-state index is -2.47. The van der Waals surface area contributed by atoms with Crippen molar-refractivity contribution in [2.24, 2.45) is 35.5 Å². The summed E-state index contributed by atoms with van der Waals surface area (Å²) in [6.07, 6.45) is 11.2. The zero-order valence-corrected chi connectivity index (χ0v) is 48.1. The monoisotopic (exact) mass is 1100 g/mol. The third-order valence-corrected chi connectivity index (χ3v) is 16.5. The number of allylic oxidation sites excluding steroid dienone is 6. The van der Waals surface area contributed by atoms with E-state index < -0.39 is 102 Å². The zero-order chi connectivity index (χ0) is 57.1. The maximum absolute atomic E-state index is 14.6. The number of aliphatic hydroxyl groups excluding tert-OH is 1. The summed E-state index contributed by atoms with van der Waals surface area (Å²) in [7, 11) is 4.44. The van der Waals surface area contributed by atoms with Crippen LogP contribution in [0.15, 0.2) is 47.6 Å². The number of fused-ring (bicyclic) bond motifs is 3. The number of Topliss-reactive ketones (excluding diaryl/α,β-unsaturated/α-hetero) is 4. The Morgan fingerprint density at radius 3 is 2.27 bits per heavy atom. The number of carbonyl (C=O) groups is 8. The maximum Gasteiger partial charge on any atom is 0.329 e. The quantitative estimate of drug-likeness (QED) is 0.0997. The number of piperidine rings is 1. The van der Waals surface area contributed by atoms with E-state index in [2.05, 4.69) is 5.32 Å². The number of ether oxygens (including phenoxy) is 6. The minimum absolute atomic E-state index is 0.0106. The van der Waals surface area contributed by atoms with Crippen LogP contribution in [0.2, 0.25) is 0 Å². The summed E-state index contributed by atoms with van der Waals surface area (Å²) in [5.74, 6) is -9.51. The first kappa shape index (κ1) is 65.2. The Hall–Kier alpha value is -4.37. The molecule has 3 N–H and O–H groups in total. The maximum atomic E-state index is 14.6. The highest BCUT2D eigenvalue weighted by Crippen LogP contribution is 2.38. The van der Waals surface area contributed by atoms with Crippen LogP contribution in [0.1, 0.15) is 138 Å². The summed E-state index contributed by atoms with van der Waals surface area (Å²) in [5.41, 5.74) is 1.21. The molecule has 18 nitrogen and oxygen atoms in total. The van der Waals surface area contributed by atoms with Crippen molar-refractivity contribution in [3.63, 3.8) is 0 Å². The molecule has 2 bridgehead atoms. The fraction of sp³-hybridized carbons (Fsp3) is 0.724. The average Bonchev–Trinajstić information content (AvgIpc) is 3.41.